The molecular weight excluding hydrogens is 657 g/mol. The fourth-order valence-electron chi connectivity index (χ4n) is 7.03. The van der Waals surface area contributed by atoms with Crippen LogP contribution in [0.15, 0.2) is 52.5 Å². The van der Waals surface area contributed by atoms with Crippen LogP contribution < -0.4 is 9.64 Å². The maximum absolute atomic E-state index is 14.0. The number of aromatic hydroxyl groups is 1. The van der Waals surface area contributed by atoms with Gasteiger partial charge in [-0.1, -0.05) is 17.7 Å². The number of imide groups is 2. The molecule has 2 aromatic rings. The fraction of sp³-hybridized carbons (Fsp3) is 0.357. The Morgan fingerprint density at radius 1 is 1.10 bits per heavy atom. The molecule has 1 saturated carbocycles. The lowest BCUT2D eigenvalue weighted by Crippen LogP contribution is -2.60. The number of amides is 4. The summed E-state index contributed by atoms with van der Waals surface area (Å²) in [6.07, 6.45) is 1.69. The molecule has 42 heavy (non-hydrogen) atoms. The summed E-state index contributed by atoms with van der Waals surface area (Å²) in [5.74, 6) is -6.28. The number of nitrogens with zero attached hydrogens (tertiary/aromatic N) is 3. The molecule has 4 aliphatic rings. The van der Waals surface area contributed by atoms with Crippen molar-refractivity contribution in [2.45, 2.75) is 28.5 Å². The molecule has 11 nitrogen and oxygen atoms in total. The number of carbonyl (C=O) groups excluding carboxylic acids is 4. The van der Waals surface area contributed by atoms with Crippen LogP contribution in [0.3, 0.4) is 0 Å². The average Bonchev–Trinajstić information content (AvgIpc) is 3.29. The third kappa shape index (κ3) is 3.58. The van der Waals surface area contributed by atoms with E-state index in [0.717, 1.165) is 15.9 Å². The number of fused-ring (bicyclic) bond motifs is 4. The van der Waals surface area contributed by atoms with Crippen molar-refractivity contribution in [1.82, 2.24) is 4.90 Å². The molecule has 2 aliphatic carbocycles. The summed E-state index contributed by atoms with van der Waals surface area (Å²) in [5.41, 5.74) is 0.736. The van der Waals surface area contributed by atoms with Crippen LogP contribution in [-0.2, 0) is 19.2 Å². The number of nitro benzene ring substituents is 1. The number of nitro groups is 1. The first-order valence-electron chi connectivity index (χ1n) is 12.9. The van der Waals surface area contributed by atoms with Crippen LogP contribution in [-0.4, -0.2) is 62.5 Å². The first kappa shape index (κ1) is 28.6. The monoisotopic (exact) mass is 677 g/mol. The Bertz CT molecular complexity index is 1670. The highest BCUT2D eigenvalue weighted by Crippen LogP contribution is 2.65. The Balaban J connectivity index is 1.52. The summed E-state index contributed by atoms with van der Waals surface area (Å²) in [6.45, 7) is 0. The van der Waals surface area contributed by atoms with E-state index in [4.69, 9.17) is 27.9 Å². The number of hydrogen-bond donors (Lipinski definition) is 1. The zero-order valence-corrected chi connectivity index (χ0v) is 25.1. The molecule has 4 amide bonds. The molecule has 0 bridgehead atoms. The molecule has 6 atom stereocenters. The molecule has 1 N–H and O–H groups in total. The lowest BCUT2D eigenvalue weighted by Gasteiger charge is -2.50. The molecule has 3 fully saturated rings. The number of phenols is 1. The number of alkyl halides is 2. The van der Waals surface area contributed by atoms with E-state index < -0.39 is 62.0 Å². The summed E-state index contributed by atoms with van der Waals surface area (Å²) in [6, 6.07) is 8.29. The summed E-state index contributed by atoms with van der Waals surface area (Å²) in [7, 11) is 2.64. The van der Waals surface area contributed by atoms with E-state index in [1.165, 1.54) is 38.4 Å². The van der Waals surface area contributed by atoms with Crippen molar-refractivity contribution < 1.29 is 33.9 Å². The second-order valence-corrected chi connectivity index (χ2v) is 12.9. The van der Waals surface area contributed by atoms with Gasteiger partial charge in [-0.2, -0.15) is 0 Å². The van der Waals surface area contributed by atoms with Gasteiger partial charge in [0.15, 0.2) is 21.2 Å². The second-order valence-electron chi connectivity index (χ2n) is 10.8. The van der Waals surface area contributed by atoms with Gasteiger partial charge >= 0.3 is 0 Å². The third-order valence-corrected chi connectivity index (χ3v) is 10.9. The molecule has 0 spiro atoms. The highest BCUT2D eigenvalue weighted by atomic mass is 79.9. The number of benzene rings is 2. The Hall–Kier alpha value is -3.48. The van der Waals surface area contributed by atoms with Gasteiger partial charge in [-0.3, -0.25) is 34.2 Å². The van der Waals surface area contributed by atoms with Gasteiger partial charge in [-0.15, -0.1) is 23.2 Å². The molecule has 2 heterocycles. The molecule has 218 valence electrons. The summed E-state index contributed by atoms with van der Waals surface area (Å²) >= 11 is 17.6. The quantitative estimate of drug-likeness (QED) is 0.166. The van der Waals surface area contributed by atoms with Crippen molar-refractivity contribution in [3.63, 3.8) is 0 Å². The van der Waals surface area contributed by atoms with Crippen molar-refractivity contribution in [3.8, 4) is 11.5 Å². The molecule has 2 aromatic carbocycles. The zero-order valence-electron chi connectivity index (χ0n) is 22.0. The maximum atomic E-state index is 14.0. The lowest BCUT2D eigenvalue weighted by molar-refractivity contribution is -0.384. The van der Waals surface area contributed by atoms with E-state index in [2.05, 4.69) is 15.9 Å². The van der Waals surface area contributed by atoms with E-state index in [1.807, 2.05) is 0 Å². The van der Waals surface area contributed by atoms with Crippen LogP contribution in [0.5, 0.6) is 11.5 Å². The molecule has 14 heteroatoms. The molecule has 0 unspecified atom stereocenters. The van der Waals surface area contributed by atoms with Crippen molar-refractivity contribution in [3.05, 3.63) is 68.2 Å². The fourth-order valence-corrected chi connectivity index (χ4v) is 8.51. The van der Waals surface area contributed by atoms with Gasteiger partial charge in [0, 0.05) is 25.1 Å². The summed E-state index contributed by atoms with van der Waals surface area (Å²) < 4.78 is 5.57. The van der Waals surface area contributed by atoms with Gasteiger partial charge in [-0.25, -0.2) is 4.90 Å². The third-order valence-electron chi connectivity index (χ3n) is 8.92. The number of allylic oxidation sites excluding steroid dienone is 2. The number of anilines is 1. The minimum Gasteiger partial charge on any atom is -0.503 e. The van der Waals surface area contributed by atoms with Crippen molar-refractivity contribution >= 4 is 74.1 Å². The predicted octanol–water partition coefficient (Wildman–Crippen LogP) is 4.26. The number of ether oxygens (including phenoxy) is 1. The number of halogens is 3. The van der Waals surface area contributed by atoms with Gasteiger partial charge in [0.25, 0.3) is 17.5 Å². The van der Waals surface area contributed by atoms with Crippen molar-refractivity contribution in [2.75, 3.05) is 19.1 Å². The second kappa shape index (κ2) is 9.51. The summed E-state index contributed by atoms with van der Waals surface area (Å²) in [5, 5.41) is 21.8. The number of carbonyl (C=O) groups is 4. The average molecular weight is 679 g/mol. The van der Waals surface area contributed by atoms with E-state index in [1.54, 1.807) is 12.1 Å². The van der Waals surface area contributed by atoms with Gasteiger partial charge < -0.3 is 9.84 Å². The zero-order chi connectivity index (χ0) is 30.5. The highest BCUT2D eigenvalue weighted by molar-refractivity contribution is 9.10. The molecule has 0 aromatic heterocycles. The summed E-state index contributed by atoms with van der Waals surface area (Å²) in [4.78, 5) is 63.5. The van der Waals surface area contributed by atoms with Crippen LogP contribution in [0, 0.1) is 27.9 Å². The number of rotatable bonds is 4. The molecule has 2 aliphatic heterocycles. The van der Waals surface area contributed by atoms with E-state index >= 15 is 0 Å². The topological polar surface area (TPSA) is 147 Å². The van der Waals surface area contributed by atoms with Crippen LogP contribution in [0.2, 0.25) is 0 Å². The Kier molecular flexibility index (Phi) is 6.49. The number of hydrogen-bond acceptors (Lipinski definition) is 8. The first-order valence-corrected chi connectivity index (χ1v) is 14.4. The largest absolute Gasteiger partial charge is 0.503 e. The SMILES string of the molecule is COc1cc([C@H]2C3=CC[C@@H]4C(=O)N(c5cccc([N+](=O)[O-])c5)C(=O)[C@@H]4[C@@H]3C[C@@]3(Cl)C(=O)N(C)C(=O)[C@@]23Cl)cc(Br)c1O. The number of methoxy groups -OCH3 is 1. The van der Waals surface area contributed by atoms with Gasteiger partial charge in [0.2, 0.25) is 11.8 Å². The van der Waals surface area contributed by atoms with Crippen LogP contribution in [0.25, 0.3) is 0 Å². The Morgan fingerprint density at radius 2 is 1.81 bits per heavy atom. The normalized spacial score (nSPS) is 32.0. The van der Waals surface area contributed by atoms with Crippen LogP contribution >= 0.6 is 39.1 Å². The predicted molar refractivity (Wildman–Crippen MR) is 153 cm³/mol. The Labute approximate surface area is 257 Å². The molecule has 0 radical (unpaired) electrons. The van der Waals surface area contributed by atoms with Gasteiger partial charge in [-0.05, 0) is 58.5 Å². The van der Waals surface area contributed by atoms with Crippen molar-refractivity contribution in [2.24, 2.45) is 17.8 Å². The van der Waals surface area contributed by atoms with Crippen LogP contribution in [0.4, 0.5) is 11.4 Å². The number of likely N-dealkylation sites (tertiary alicyclic amines) is 1. The highest BCUT2D eigenvalue weighted by Gasteiger charge is 2.76. The van der Waals surface area contributed by atoms with Gasteiger partial charge in [0.1, 0.15) is 0 Å². The van der Waals surface area contributed by atoms with Gasteiger partial charge in [0.05, 0.1) is 34.0 Å². The maximum Gasteiger partial charge on any atom is 0.271 e. The van der Waals surface area contributed by atoms with Crippen molar-refractivity contribution in [1.29, 1.82) is 0 Å². The van der Waals surface area contributed by atoms with Crippen LogP contribution in [0.1, 0.15) is 24.3 Å². The van der Waals surface area contributed by atoms with E-state index in [-0.39, 0.29) is 40.2 Å². The first-order chi connectivity index (χ1) is 19.8. The molecular formula is C28H22BrCl2N3O8. The van der Waals surface area contributed by atoms with E-state index in [0.29, 0.717) is 11.1 Å². The standard InChI is InChI=1S/C28H22BrCl2N3O8/c1-32-25(38)27(30)11-17-15(21(28(27,31)26(32)39)12-8-18(29)22(35)19(9-12)42-2)6-7-16-20(17)24(37)33(23(16)36)13-4-3-5-14(10-13)34(40)41/h3-6,8-10,16-17,20-21,35H,7,11H2,1-2H3/t16-,17+,20-,21-,27+,28-/m0/s1. The number of non-ortho nitro benzene ring substituents is 1. The molecule has 2 saturated heterocycles. The lowest BCUT2D eigenvalue weighted by atomic mass is 9.56. The minimum atomic E-state index is -2.00. The number of phenolic OH excluding ortho intramolecular Hbond substituents is 1. The molecule has 6 rings (SSSR count). The van der Waals surface area contributed by atoms with E-state index in [9.17, 15) is 34.4 Å². The smallest absolute Gasteiger partial charge is 0.271 e. The minimum absolute atomic E-state index is 0.0637. The Morgan fingerprint density at radius 3 is 2.48 bits per heavy atom.